The summed E-state index contributed by atoms with van der Waals surface area (Å²) in [5.41, 5.74) is 0.999. The topological polar surface area (TPSA) is 45.5 Å². The Morgan fingerprint density at radius 2 is 2.05 bits per heavy atom. The summed E-state index contributed by atoms with van der Waals surface area (Å²) in [5, 5.41) is 9.55. The van der Waals surface area contributed by atoms with Crippen LogP contribution in [-0.2, 0) is 4.79 Å². The van der Waals surface area contributed by atoms with E-state index >= 15 is 0 Å². The fraction of sp³-hybridized carbons (Fsp3) is 0.533. The van der Waals surface area contributed by atoms with Crippen LogP contribution in [0.5, 0.6) is 0 Å². The van der Waals surface area contributed by atoms with Crippen molar-refractivity contribution in [1.29, 1.82) is 0 Å². The molecule has 1 aromatic heterocycles. The number of hydrogen-bond acceptors (Lipinski definition) is 2. The third-order valence-corrected chi connectivity index (χ3v) is 3.72. The molecule has 1 aliphatic carbocycles. The van der Waals surface area contributed by atoms with E-state index in [0.29, 0.717) is 11.1 Å². The summed E-state index contributed by atoms with van der Waals surface area (Å²) < 4.78 is 2.26. The van der Waals surface area contributed by atoms with Crippen LogP contribution < -0.4 is 0 Å². The number of rotatable bonds is 3. The monoisotopic (exact) mass is 262 g/mol. The lowest BCUT2D eigenvalue weighted by Crippen LogP contribution is -2.19. The van der Waals surface area contributed by atoms with E-state index in [9.17, 15) is 4.79 Å². The first-order valence-corrected chi connectivity index (χ1v) is 6.99. The number of likely N-dealkylation sites (N-methyl/N-ethyl adjacent to an activating group) is 1. The fourth-order valence-corrected chi connectivity index (χ4v) is 2.59. The molecule has 1 amide bonds. The molecule has 1 N–H and O–H groups in total. The second-order valence-corrected chi connectivity index (χ2v) is 5.23. The summed E-state index contributed by atoms with van der Waals surface area (Å²) in [6.45, 7) is 0. The lowest BCUT2D eigenvalue weighted by Gasteiger charge is -2.15. The van der Waals surface area contributed by atoms with Crippen LogP contribution in [-0.4, -0.2) is 27.8 Å². The summed E-state index contributed by atoms with van der Waals surface area (Å²) in [5.74, 6) is -0.415. The van der Waals surface area contributed by atoms with Crippen LogP contribution in [0, 0.1) is 0 Å². The molecule has 0 unspecified atom stereocenters. The predicted octanol–water partition coefficient (Wildman–Crippen LogP) is 3.24. The molecule has 1 fully saturated rings. The number of hydrogen-bond donors (Lipinski definition) is 1. The highest BCUT2D eigenvalue weighted by Crippen LogP contribution is 2.27. The second kappa shape index (κ2) is 6.57. The van der Waals surface area contributed by atoms with Gasteiger partial charge in [-0.3, -0.25) is 10.0 Å². The smallest absolute Gasteiger partial charge is 0.269 e. The average molecular weight is 262 g/mol. The molecule has 0 atom stereocenters. The van der Waals surface area contributed by atoms with E-state index in [1.54, 1.807) is 6.08 Å². The van der Waals surface area contributed by atoms with Crippen LogP contribution in [0.2, 0.25) is 0 Å². The number of carbonyl (C=O) groups excluding carboxylic acids is 1. The van der Waals surface area contributed by atoms with Gasteiger partial charge in [0, 0.05) is 31.6 Å². The minimum absolute atomic E-state index is 0.415. The molecule has 1 saturated carbocycles. The van der Waals surface area contributed by atoms with Gasteiger partial charge in [0.1, 0.15) is 0 Å². The zero-order valence-electron chi connectivity index (χ0n) is 11.5. The first-order valence-electron chi connectivity index (χ1n) is 6.99. The molecule has 19 heavy (non-hydrogen) atoms. The summed E-state index contributed by atoms with van der Waals surface area (Å²) in [7, 11) is 1.32. The van der Waals surface area contributed by atoms with Gasteiger partial charge in [0.25, 0.3) is 5.91 Å². The largest absolute Gasteiger partial charge is 0.351 e. The molecule has 4 nitrogen and oxygen atoms in total. The lowest BCUT2D eigenvalue weighted by molar-refractivity contribution is -0.153. The third kappa shape index (κ3) is 3.96. The molecule has 0 spiro atoms. The van der Waals surface area contributed by atoms with E-state index in [0.717, 1.165) is 5.56 Å². The lowest BCUT2D eigenvalue weighted by atomic mass is 10.1. The molecule has 4 heteroatoms. The normalized spacial score (nSPS) is 17.6. The summed E-state index contributed by atoms with van der Waals surface area (Å²) in [6.07, 6.45) is 15.1. The van der Waals surface area contributed by atoms with Crippen molar-refractivity contribution >= 4 is 12.0 Å². The van der Waals surface area contributed by atoms with Crippen LogP contribution in [0.15, 0.2) is 24.5 Å². The van der Waals surface area contributed by atoms with Crippen molar-refractivity contribution in [3.63, 3.8) is 0 Å². The first kappa shape index (κ1) is 13.9. The van der Waals surface area contributed by atoms with E-state index in [-0.39, 0.29) is 0 Å². The average Bonchev–Trinajstić information content (AvgIpc) is 2.69. The van der Waals surface area contributed by atoms with Crippen molar-refractivity contribution in [3.05, 3.63) is 30.1 Å². The molecule has 0 saturated heterocycles. The summed E-state index contributed by atoms with van der Waals surface area (Å²) in [4.78, 5) is 11.3. The molecule has 0 radical (unpaired) electrons. The van der Waals surface area contributed by atoms with Gasteiger partial charge >= 0.3 is 0 Å². The molecule has 1 aliphatic rings. The van der Waals surface area contributed by atoms with Gasteiger partial charge in [0.2, 0.25) is 0 Å². The quantitative estimate of drug-likeness (QED) is 0.393. The number of hydroxylamine groups is 2. The second-order valence-electron chi connectivity index (χ2n) is 5.23. The molecule has 0 aromatic carbocycles. The fourth-order valence-electron chi connectivity index (χ4n) is 2.59. The minimum atomic E-state index is -0.415. The van der Waals surface area contributed by atoms with Gasteiger partial charge < -0.3 is 4.57 Å². The van der Waals surface area contributed by atoms with Gasteiger partial charge in [-0.15, -0.1) is 0 Å². The van der Waals surface area contributed by atoms with Gasteiger partial charge in [-0.05, 0) is 30.5 Å². The van der Waals surface area contributed by atoms with Crippen LogP contribution in [0.1, 0.15) is 50.1 Å². The number of amides is 1. The molecule has 104 valence electrons. The van der Waals surface area contributed by atoms with Crippen LogP contribution in [0.4, 0.5) is 0 Å². The Balaban J connectivity index is 2.00. The highest BCUT2D eigenvalue weighted by Gasteiger charge is 2.13. The van der Waals surface area contributed by atoms with Crippen molar-refractivity contribution in [2.75, 3.05) is 7.05 Å². The standard InChI is InChI=1S/C15H22N2O2/c1-16(19)15(18)9-8-13-10-11-17(12-13)14-6-4-2-3-5-7-14/h8-12,14,19H,2-7H2,1H3. The highest BCUT2D eigenvalue weighted by molar-refractivity contribution is 5.90. The molecule has 0 bridgehead atoms. The van der Waals surface area contributed by atoms with Crippen LogP contribution >= 0.6 is 0 Å². The molecule has 0 aliphatic heterocycles. The predicted molar refractivity (Wildman–Crippen MR) is 74.8 cm³/mol. The molecular weight excluding hydrogens is 240 g/mol. The van der Waals surface area contributed by atoms with Crippen LogP contribution in [0.25, 0.3) is 6.08 Å². The van der Waals surface area contributed by atoms with Gasteiger partial charge in [0.05, 0.1) is 0 Å². The van der Waals surface area contributed by atoms with E-state index in [4.69, 9.17) is 5.21 Å². The minimum Gasteiger partial charge on any atom is -0.351 e. The maximum absolute atomic E-state index is 11.3. The Bertz CT molecular complexity index is 441. The third-order valence-electron chi connectivity index (χ3n) is 3.72. The van der Waals surface area contributed by atoms with E-state index < -0.39 is 5.91 Å². The molecular formula is C15H22N2O2. The van der Waals surface area contributed by atoms with Gasteiger partial charge in [0.15, 0.2) is 0 Å². The van der Waals surface area contributed by atoms with Crippen molar-refractivity contribution in [3.8, 4) is 0 Å². The Labute approximate surface area is 114 Å². The zero-order chi connectivity index (χ0) is 13.7. The maximum atomic E-state index is 11.3. The van der Waals surface area contributed by atoms with E-state index in [1.807, 2.05) is 6.07 Å². The van der Waals surface area contributed by atoms with Crippen LogP contribution in [0.3, 0.4) is 0 Å². The zero-order valence-corrected chi connectivity index (χ0v) is 11.5. The van der Waals surface area contributed by atoms with Gasteiger partial charge in [-0.1, -0.05) is 25.7 Å². The highest BCUT2D eigenvalue weighted by atomic mass is 16.5. The Morgan fingerprint density at radius 1 is 1.37 bits per heavy atom. The summed E-state index contributed by atoms with van der Waals surface area (Å²) in [6, 6.07) is 2.60. The van der Waals surface area contributed by atoms with Crippen molar-refractivity contribution < 1.29 is 10.0 Å². The van der Waals surface area contributed by atoms with Crippen molar-refractivity contribution in [2.24, 2.45) is 0 Å². The van der Waals surface area contributed by atoms with Crippen molar-refractivity contribution in [2.45, 2.75) is 44.6 Å². The maximum Gasteiger partial charge on any atom is 0.269 e. The Kier molecular flexibility index (Phi) is 4.80. The number of nitrogens with zero attached hydrogens (tertiary/aromatic N) is 2. The number of aromatic nitrogens is 1. The van der Waals surface area contributed by atoms with E-state index in [2.05, 4.69) is 17.0 Å². The van der Waals surface area contributed by atoms with E-state index in [1.165, 1.54) is 51.6 Å². The van der Waals surface area contributed by atoms with Gasteiger partial charge in [-0.2, -0.15) is 0 Å². The molecule has 1 heterocycles. The van der Waals surface area contributed by atoms with Gasteiger partial charge in [-0.25, -0.2) is 5.06 Å². The van der Waals surface area contributed by atoms with Crippen molar-refractivity contribution in [1.82, 2.24) is 9.63 Å². The Hall–Kier alpha value is -1.55. The molecule has 2 rings (SSSR count). The first-order chi connectivity index (χ1) is 9.16. The molecule has 1 aromatic rings. The number of carbonyl (C=O) groups is 1. The SMILES string of the molecule is CN(O)C(=O)C=Cc1ccn(C2CCCCCC2)c1. The summed E-state index contributed by atoms with van der Waals surface area (Å²) >= 11 is 0. The Morgan fingerprint density at radius 3 is 2.68 bits per heavy atom.